The summed E-state index contributed by atoms with van der Waals surface area (Å²) < 4.78 is 0. The summed E-state index contributed by atoms with van der Waals surface area (Å²) in [4.78, 5) is 11.2. The van der Waals surface area contributed by atoms with E-state index in [0.29, 0.717) is 0 Å². The molecule has 0 spiro atoms. The van der Waals surface area contributed by atoms with Crippen molar-refractivity contribution in [2.24, 2.45) is 5.73 Å². The molecule has 3 nitrogen and oxygen atoms in total. The number of nitrogens with two attached hydrogens (primary N) is 1. The summed E-state index contributed by atoms with van der Waals surface area (Å²) in [7, 11) is 0. The maximum Gasteiger partial charge on any atom is 0.234 e. The summed E-state index contributed by atoms with van der Waals surface area (Å²) in [5.41, 5.74) is 7.55. The zero-order chi connectivity index (χ0) is 10.8. The van der Waals surface area contributed by atoms with Crippen LogP contribution in [0, 0.1) is 0 Å². The van der Waals surface area contributed by atoms with Gasteiger partial charge in [-0.3, -0.25) is 4.79 Å². The molecule has 0 heterocycles. The first-order valence-electron chi connectivity index (χ1n) is 4.99. The van der Waals surface area contributed by atoms with Crippen LogP contribution in [0.1, 0.15) is 23.6 Å². The van der Waals surface area contributed by atoms with Crippen LogP contribution in [0.5, 0.6) is 0 Å². The molecule has 1 aromatic carbocycles. The molecule has 0 aliphatic heterocycles. The molecule has 15 heavy (non-hydrogen) atoms. The van der Waals surface area contributed by atoms with E-state index in [0.717, 1.165) is 29.0 Å². The SMILES string of the molecule is NCC(=O)NC1CCc2c(Cl)cccc21. The number of benzene rings is 1. The van der Waals surface area contributed by atoms with Crippen molar-refractivity contribution in [2.75, 3.05) is 6.54 Å². The van der Waals surface area contributed by atoms with Gasteiger partial charge in [-0.15, -0.1) is 0 Å². The van der Waals surface area contributed by atoms with Crippen LogP contribution in [-0.4, -0.2) is 12.5 Å². The highest BCUT2D eigenvalue weighted by Gasteiger charge is 2.24. The third kappa shape index (κ3) is 1.98. The van der Waals surface area contributed by atoms with E-state index < -0.39 is 0 Å². The second-order valence-electron chi connectivity index (χ2n) is 3.67. The van der Waals surface area contributed by atoms with Gasteiger partial charge in [0.15, 0.2) is 0 Å². The highest BCUT2D eigenvalue weighted by Crippen LogP contribution is 2.35. The molecule has 80 valence electrons. The molecule has 2 rings (SSSR count). The van der Waals surface area contributed by atoms with Gasteiger partial charge in [0.2, 0.25) is 5.91 Å². The Labute approximate surface area is 93.6 Å². The minimum atomic E-state index is -0.118. The van der Waals surface area contributed by atoms with Crippen LogP contribution in [-0.2, 0) is 11.2 Å². The number of halogens is 1. The molecule has 1 amide bonds. The van der Waals surface area contributed by atoms with Gasteiger partial charge in [-0.1, -0.05) is 23.7 Å². The number of hydrogen-bond donors (Lipinski definition) is 2. The van der Waals surface area contributed by atoms with Crippen molar-refractivity contribution in [2.45, 2.75) is 18.9 Å². The predicted octanol–water partition coefficient (Wildman–Crippen LogP) is 1.40. The zero-order valence-corrected chi connectivity index (χ0v) is 9.05. The monoisotopic (exact) mass is 224 g/mol. The molecule has 0 saturated carbocycles. The average molecular weight is 225 g/mol. The molecule has 0 fully saturated rings. The third-order valence-corrected chi connectivity index (χ3v) is 3.09. The van der Waals surface area contributed by atoms with E-state index in [1.54, 1.807) is 0 Å². The molecule has 1 atom stereocenters. The molecular weight excluding hydrogens is 212 g/mol. The molecule has 0 bridgehead atoms. The lowest BCUT2D eigenvalue weighted by Gasteiger charge is -2.13. The van der Waals surface area contributed by atoms with Crippen LogP contribution in [0.4, 0.5) is 0 Å². The Kier molecular flexibility index (Phi) is 2.93. The van der Waals surface area contributed by atoms with Crippen LogP contribution >= 0.6 is 11.6 Å². The van der Waals surface area contributed by atoms with E-state index in [1.807, 2.05) is 18.2 Å². The second kappa shape index (κ2) is 4.21. The van der Waals surface area contributed by atoms with E-state index in [1.165, 1.54) is 0 Å². The van der Waals surface area contributed by atoms with Crippen LogP contribution in [0.15, 0.2) is 18.2 Å². The van der Waals surface area contributed by atoms with Crippen molar-refractivity contribution < 1.29 is 4.79 Å². The fraction of sp³-hybridized carbons (Fsp3) is 0.364. The molecule has 0 saturated heterocycles. The second-order valence-corrected chi connectivity index (χ2v) is 4.08. The Hall–Kier alpha value is -1.06. The Bertz CT molecular complexity index is 392. The highest BCUT2D eigenvalue weighted by atomic mass is 35.5. The van der Waals surface area contributed by atoms with E-state index in [4.69, 9.17) is 17.3 Å². The molecule has 3 N–H and O–H groups in total. The van der Waals surface area contributed by atoms with Crippen LogP contribution in [0.25, 0.3) is 0 Å². The third-order valence-electron chi connectivity index (χ3n) is 2.73. The molecule has 1 aromatic rings. The van der Waals surface area contributed by atoms with Gasteiger partial charge in [0.05, 0.1) is 12.6 Å². The van der Waals surface area contributed by atoms with E-state index >= 15 is 0 Å². The Morgan fingerprint density at radius 1 is 1.60 bits per heavy atom. The fourth-order valence-electron chi connectivity index (χ4n) is 2.01. The van der Waals surface area contributed by atoms with E-state index in [-0.39, 0.29) is 18.5 Å². The molecule has 1 aliphatic carbocycles. The number of rotatable bonds is 2. The molecule has 1 unspecified atom stereocenters. The quantitative estimate of drug-likeness (QED) is 0.798. The Morgan fingerprint density at radius 2 is 2.40 bits per heavy atom. The van der Waals surface area contributed by atoms with Crippen molar-refractivity contribution >= 4 is 17.5 Å². The maximum absolute atomic E-state index is 11.2. The first-order chi connectivity index (χ1) is 7.22. The van der Waals surface area contributed by atoms with E-state index in [2.05, 4.69) is 5.32 Å². The first-order valence-corrected chi connectivity index (χ1v) is 5.37. The molecule has 0 radical (unpaired) electrons. The number of hydrogen-bond acceptors (Lipinski definition) is 2. The minimum Gasteiger partial charge on any atom is -0.348 e. The summed E-state index contributed by atoms with van der Waals surface area (Å²) >= 11 is 6.07. The van der Waals surface area contributed by atoms with Gasteiger partial charge in [-0.05, 0) is 30.0 Å². The lowest BCUT2D eigenvalue weighted by molar-refractivity contribution is -0.120. The number of fused-ring (bicyclic) bond motifs is 1. The van der Waals surface area contributed by atoms with Crippen LogP contribution < -0.4 is 11.1 Å². The molecule has 4 heteroatoms. The van der Waals surface area contributed by atoms with Crippen molar-refractivity contribution in [1.29, 1.82) is 0 Å². The lowest BCUT2D eigenvalue weighted by Crippen LogP contribution is -2.32. The minimum absolute atomic E-state index is 0.0341. The van der Waals surface area contributed by atoms with Crippen molar-refractivity contribution in [3.63, 3.8) is 0 Å². The summed E-state index contributed by atoms with van der Waals surface area (Å²) in [5, 5.41) is 3.68. The zero-order valence-electron chi connectivity index (χ0n) is 8.29. The van der Waals surface area contributed by atoms with Gasteiger partial charge in [-0.2, -0.15) is 0 Å². The number of carbonyl (C=O) groups excluding carboxylic acids is 1. The van der Waals surface area contributed by atoms with Gasteiger partial charge in [0.1, 0.15) is 0 Å². The first kappa shape index (κ1) is 10.5. The summed E-state index contributed by atoms with van der Waals surface area (Å²) in [6, 6.07) is 5.88. The van der Waals surface area contributed by atoms with Crippen LogP contribution in [0.2, 0.25) is 5.02 Å². The largest absolute Gasteiger partial charge is 0.348 e. The van der Waals surface area contributed by atoms with Crippen molar-refractivity contribution in [3.05, 3.63) is 34.3 Å². The van der Waals surface area contributed by atoms with Gasteiger partial charge in [-0.25, -0.2) is 0 Å². The number of carbonyl (C=O) groups is 1. The van der Waals surface area contributed by atoms with Gasteiger partial charge in [0.25, 0.3) is 0 Å². The van der Waals surface area contributed by atoms with Crippen molar-refractivity contribution in [3.8, 4) is 0 Å². The number of nitrogens with one attached hydrogen (secondary N) is 1. The van der Waals surface area contributed by atoms with Gasteiger partial charge in [0, 0.05) is 5.02 Å². The summed E-state index contributed by atoms with van der Waals surface area (Å²) in [6.45, 7) is 0.0341. The average Bonchev–Trinajstić information content (AvgIpc) is 2.63. The van der Waals surface area contributed by atoms with E-state index in [9.17, 15) is 4.79 Å². The summed E-state index contributed by atoms with van der Waals surface area (Å²) in [6.07, 6.45) is 1.83. The molecule has 0 aromatic heterocycles. The Balaban J connectivity index is 2.21. The van der Waals surface area contributed by atoms with Gasteiger partial charge >= 0.3 is 0 Å². The smallest absolute Gasteiger partial charge is 0.234 e. The van der Waals surface area contributed by atoms with Crippen molar-refractivity contribution in [1.82, 2.24) is 5.32 Å². The number of amides is 1. The maximum atomic E-state index is 11.2. The summed E-state index contributed by atoms with van der Waals surface area (Å²) in [5.74, 6) is -0.118. The topological polar surface area (TPSA) is 55.1 Å². The molecular formula is C11H13ClN2O. The van der Waals surface area contributed by atoms with Gasteiger partial charge < -0.3 is 11.1 Å². The fourth-order valence-corrected chi connectivity index (χ4v) is 2.29. The van der Waals surface area contributed by atoms with Crippen LogP contribution in [0.3, 0.4) is 0 Å². The highest BCUT2D eigenvalue weighted by molar-refractivity contribution is 6.31. The lowest BCUT2D eigenvalue weighted by atomic mass is 10.1. The standard InChI is InChI=1S/C11H13ClN2O/c12-9-3-1-2-8-7(9)4-5-10(8)14-11(15)6-13/h1-3,10H,4-6,13H2,(H,14,15). The molecule has 1 aliphatic rings. The predicted molar refractivity (Wildman–Crippen MR) is 59.7 cm³/mol. The normalized spacial score (nSPS) is 18.7. The Morgan fingerprint density at radius 3 is 3.13 bits per heavy atom.